The van der Waals surface area contributed by atoms with Crippen molar-refractivity contribution in [1.82, 2.24) is 0 Å². The molecule has 0 saturated carbocycles. The molecule has 0 amide bonds. The lowest BCUT2D eigenvalue weighted by atomic mass is 10.4. The number of rotatable bonds is 2. The third kappa shape index (κ3) is 15.8. The Morgan fingerprint density at radius 3 is 1.80 bits per heavy atom. The van der Waals surface area contributed by atoms with E-state index in [1.165, 1.54) is 12.2 Å². The van der Waals surface area contributed by atoms with Gasteiger partial charge in [-0.15, -0.1) is 0 Å². The Bertz CT molecular complexity index is 120. The SMILES string of the molecule is C=C(N)/C=C\C(=C)O.CC. The van der Waals surface area contributed by atoms with Crippen LogP contribution in [-0.2, 0) is 0 Å². The summed E-state index contributed by atoms with van der Waals surface area (Å²) in [5, 5.41) is 8.42. The fraction of sp³-hybridized carbons (Fsp3) is 0.250. The first-order valence-corrected chi connectivity index (χ1v) is 3.13. The Labute approximate surface area is 62.4 Å². The maximum absolute atomic E-state index is 8.42. The molecule has 0 aliphatic heterocycles. The average Bonchev–Trinajstić information content (AvgIpc) is 1.89. The van der Waals surface area contributed by atoms with E-state index in [0.29, 0.717) is 5.70 Å². The number of aliphatic hydroxyl groups is 1. The van der Waals surface area contributed by atoms with Crippen molar-refractivity contribution in [3.05, 3.63) is 36.8 Å². The van der Waals surface area contributed by atoms with E-state index in [4.69, 9.17) is 10.8 Å². The van der Waals surface area contributed by atoms with Crippen molar-refractivity contribution in [2.75, 3.05) is 0 Å². The smallest absolute Gasteiger partial charge is 0.108 e. The molecule has 3 N–H and O–H groups in total. The Morgan fingerprint density at radius 1 is 1.30 bits per heavy atom. The first kappa shape index (κ1) is 11.6. The minimum absolute atomic E-state index is 0.0170. The van der Waals surface area contributed by atoms with Gasteiger partial charge in [-0.2, -0.15) is 0 Å². The summed E-state index contributed by atoms with van der Waals surface area (Å²) >= 11 is 0. The van der Waals surface area contributed by atoms with E-state index in [-0.39, 0.29) is 5.76 Å². The number of hydrogen-bond acceptors (Lipinski definition) is 2. The van der Waals surface area contributed by atoms with Crippen LogP contribution < -0.4 is 5.73 Å². The molecule has 0 radical (unpaired) electrons. The summed E-state index contributed by atoms with van der Waals surface area (Å²) < 4.78 is 0. The standard InChI is InChI=1S/C6H9NO.C2H6/c1-5(7)3-4-6(2)8;1-2/h3-4,8H,1-2,7H2;1-2H3/b4-3-;. The van der Waals surface area contributed by atoms with E-state index in [9.17, 15) is 0 Å². The van der Waals surface area contributed by atoms with Gasteiger partial charge in [0.15, 0.2) is 0 Å². The summed E-state index contributed by atoms with van der Waals surface area (Å²) in [6.45, 7) is 10.6. The van der Waals surface area contributed by atoms with Crippen molar-refractivity contribution in [1.29, 1.82) is 0 Å². The van der Waals surface area contributed by atoms with Gasteiger partial charge in [0.1, 0.15) is 5.76 Å². The summed E-state index contributed by atoms with van der Waals surface area (Å²) in [6.07, 6.45) is 2.85. The summed E-state index contributed by atoms with van der Waals surface area (Å²) in [5.41, 5.74) is 5.51. The van der Waals surface area contributed by atoms with Crippen LogP contribution in [0.4, 0.5) is 0 Å². The zero-order valence-electron chi connectivity index (χ0n) is 6.59. The highest BCUT2D eigenvalue weighted by Crippen LogP contribution is 1.86. The molecule has 0 fully saturated rings. The fourth-order valence-electron chi connectivity index (χ4n) is 0.203. The van der Waals surface area contributed by atoms with Crippen LogP contribution >= 0.6 is 0 Å². The Hall–Kier alpha value is -1.18. The van der Waals surface area contributed by atoms with Crippen molar-refractivity contribution < 1.29 is 5.11 Å². The lowest BCUT2D eigenvalue weighted by Gasteiger charge is -1.84. The van der Waals surface area contributed by atoms with Crippen LogP contribution in [0.15, 0.2) is 36.8 Å². The van der Waals surface area contributed by atoms with Crippen molar-refractivity contribution in [3.63, 3.8) is 0 Å². The van der Waals surface area contributed by atoms with Crippen molar-refractivity contribution in [2.24, 2.45) is 5.73 Å². The molecule has 0 spiro atoms. The summed E-state index contributed by atoms with van der Waals surface area (Å²) in [7, 11) is 0. The van der Waals surface area contributed by atoms with Crippen LogP contribution in [0.3, 0.4) is 0 Å². The molecular weight excluding hydrogens is 126 g/mol. The second-order valence-electron chi connectivity index (χ2n) is 1.40. The highest BCUT2D eigenvalue weighted by Gasteiger charge is 1.75. The van der Waals surface area contributed by atoms with Crippen LogP contribution in [0.25, 0.3) is 0 Å². The number of aliphatic hydroxyl groups excluding tert-OH is 1. The summed E-state index contributed by atoms with van der Waals surface area (Å²) in [4.78, 5) is 0. The molecule has 2 heteroatoms. The Balaban J connectivity index is 0. The van der Waals surface area contributed by atoms with Gasteiger partial charge in [0.05, 0.1) is 0 Å². The van der Waals surface area contributed by atoms with Gasteiger partial charge < -0.3 is 10.8 Å². The third-order valence-electron chi connectivity index (χ3n) is 0.490. The topological polar surface area (TPSA) is 46.2 Å². The van der Waals surface area contributed by atoms with Gasteiger partial charge in [0.2, 0.25) is 0 Å². The molecule has 2 nitrogen and oxygen atoms in total. The molecule has 0 aliphatic carbocycles. The normalized spacial score (nSPS) is 8.20. The molecule has 0 atom stereocenters. The van der Waals surface area contributed by atoms with Crippen LogP contribution in [0.1, 0.15) is 13.8 Å². The average molecular weight is 141 g/mol. The monoisotopic (exact) mass is 141 g/mol. The molecule has 0 aromatic rings. The minimum atomic E-state index is -0.0170. The number of allylic oxidation sites excluding steroid dienone is 2. The van der Waals surface area contributed by atoms with E-state index in [0.717, 1.165) is 0 Å². The van der Waals surface area contributed by atoms with Crippen molar-refractivity contribution in [3.8, 4) is 0 Å². The maximum atomic E-state index is 8.42. The van der Waals surface area contributed by atoms with E-state index < -0.39 is 0 Å². The Morgan fingerprint density at radius 2 is 1.70 bits per heavy atom. The van der Waals surface area contributed by atoms with Crippen LogP contribution in [0.5, 0.6) is 0 Å². The maximum Gasteiger partial charge on any atom is 0.108 e. The molecular formula is C8H15NO. The molecule has 0 bridgehead atoms. The fourth-order valence-corrected chi connectivity index (χ4v) is 0.203. The van der Waals surface area contributed by atoms with Gasteiger partial charge in [-0.25, -0.2) is 0 Å². The molecule has 0 aliphatic rings. The third-order valence-corrected chi connectivity index (χ3v) is 0.490. The molecule has 0 rings (SSSR count). The van der Waals surface area contributed by atoms with Gasteiger partial charge >= 0.3 is 0 Å². The van der Waals surface area contributed by atoms with Crippen LogP contribution in [-0.4, -0.2) is 5.11 Å². The zero-order valence-corrected chi connectivity index (χ0v) is 6.59. The summed E-state index contributed by atoms with van der Waals surface area (Å²) in [6, 6.07) is 0. The molecule has 0 unspecified atom stereocenters. The van der Waals surface area contributed by atoms with E-state index in [1.807, 2.05) is 13.8 Å². The van der Waals surface area contributed by atoms with E-state index in [1.54, 1.807) is 0 Å². The zero-order chi connectivity index (χ0) is 8.57. The first-order chi connectivity index (χ1) is 4.63. The molecule has 0 saturated heterocycles. The molecule has 58 valence electrons. The molecule has 0 aromatic heterocycles. The van der Waals surface area contributed by atoms with Gasteiger partial charge in [-0.1, -0.05) is 27.0 Å². The second-order valence-corrected chi connectivity index (χ2v) is 1.40. The predicted octanol–water partition coefficient (Wildman–Crippen LogP) is 2.11. The molecule has 0 heterocycles. The minimum Gasteiger partial charge on any atom is -0.509 e. The van der Waals surface area contributed by atoms with Gasteiger partial charge in [0, 0.05) is 5.70 Å². The van der Waals surface area contributed by atoms with Crippen molar-refractivity contribution >= 4 is 0 Å². The van der Waals surface area contributed by atoms with Crippen LogP contribution in [0.2, 0.25) is 0 Å². The highest BCUT2D eigenvalue weighted by atomic mass is 16.3. The second kappa shape index (κ2) is 7.82. The molecule has 10 heavy (non-hydrogen) atoms. The Kier molecular flexibility index (Phi) is 9.07. The van der Waals surface area contributed by atoms with Gasteiger partial charge in [0.25, 0.3) is 0 Å². The van der Waals surface area contributed by atoms with Crippen molar-refractivity contribution in [2.45, 2.75) is 13.8 Å². The number of hydrogen-bond donors (Lipinski definition) is 2. The number of nitrogens with two attached hydrogens (primary N) is 1. The van der Waals surface area contributed by atoms with Gasteiger partial charge in [-0.05, 0) is 12.2 Å². The largest absolute Gasteiger partial charge is 0.509 e. The highest BCUT2D eigenvalue weighted by molar-refractivity contribution is 5.17. The summed E-state index contributed by atoms with van der Waals surface area (Å²) in [5.74, 6) is -0.0170. The quantitative estimate of drug-likeness (QED) is 0.457. The molecule has 0 aromatic carbocycles. The lowest BCUT2D eigenvalue weighted by molar-refractivity contribution is 0.435. The first-order valence-electron chi connectivity index (χ1n) is 3.13. The van der Waals surface area contributed by atoms with Crippen LogP contribution in [0, 0.1) is 0 Å². The van der Waals surface area contributed by atoms with Gasteiger partial charge in [-0.3, -0.25) is 0 Å². The lowest BCUT2D eigenvalue weighted by Crippen LogP contribution is -1.88. The predicted molar refractivity (Wildman–Crippen MR) is 45.6 cm³/mol. The van der Waals surface area contributed by atoms with E-state index >= 15 is 0 Å². The van der Waals surface area contributed by atoms with E-state index in [2.05, 4.69) is 13.2 Å².